The molecule has 0 saturated heterocycles. The molecular formula is C13H16BrFN4O. The highest BCUT2D eigenvalue weighted by atomic mass is 79.9. The fraction of sp³-hybridized carbons (Fsp3) is 0.385. The minimum Gasteiger partial charge on any atom is -0.497 e. The van der Waals surface area contributed by atoms with Crippen LogP contribution in [0.5, 0.6) is 5.75 Å². The SMILES string of the molecule is CCNC(c1ccc(OC)cc1F)c1c(Br)nnn1C. The minimum absolute atomic E-state index is 0.330. The van der Waals surface area contributed by atoms with E-state index in [2.05, 4.69) is 31.6 Å². The molecule has 1 N–H and O–H groups in total. The first kappa shape index (κ1) is 14.9. The van der Waals surface area contributed by atoms with E-state index >= 15 is 0 Å². The normalized spacial score (nSPS) is 12.4. The lowest BCUT2D eigenvalue weighted by molar-refractivity contribution is 0.409. The van der Waals surface area contributed by atoms with Gasteiger partial charge in [-0.2, -0.15) is 0 Å². The molecule has 0 spiro atoms. The minimum atomic E-state index is -0.333. The summed E-state index contributed by atoms with van der Waals surface area (Å²) in [5.41, 5.74) is 1.30. The van der Waals surface area contributed by atoms with E-state index in [0.717, 1.165) is 5.69 Å². The summed E-state index contributed by atoms with van der Waals surface area (Å²) in [6, 6.07) is 4.49. The van der Waals surface area contributed by atoms with Crippen molar-refractivity contribution >= 4 is 15.9 Å². The number of aromatic nitrogens is 3. The van der Waals surface area contributed by atoms with Crippen LogP contribution in [0.1, 0.15) is 24.2 Å². The Morgan fingerprint density at radius 3 is 2.75 bits per heavy atom. The van der Waals surface area contributed by atoms with E-state index in [1.54, 1.807) is 23.9 Å². The molecule has 0 saturated carbocycles. The highest BCUT2D eigenvalue weighted by Gasteiger charge is 2.24. The summed E-state index contributed by atoms with van der Waals surface area (Å²) in [7, 11) is 3.29. The van der Waals surface area contributed by atoms with Gasteiger partial charge in [-0.25, -0.2) is 9.07 Å². The number of hydrogen-bond donors (Lipinski definition) is 1. The Kier molecular flexibility index (Phi) is 4.72. The van der Waals surface area contributed by atoms with Crippen molar-refractivity contribution in [2.45, 2.75) is 13.0 Å². The third kappa shape index (κ3) is 2.83. The van der Waals surface area contributed by atoms with Crippen LogP contribution in [0.15, 0.2) is 22.8 Å². The molecule has 2 aromatic rings. The second-order valence-corrected chi connectivity index (χ2v) is 5.02. The van der Waals surface area contributed by atoms with Gasteiger partial charge in [0.25, 0.3) is 0 Å². The van der Waals surface area contributed by atoms with Gasteiger partial charge in [0.2, 0.25) is 0 Å². The zero-order chi connectivity index (χ0) is 14.7. The van der Waals surface area contributed by atoms with Crippen LogP contribution in [0.2, 0.25) is 0 Å². The Balaban J connectivity index is 2.49. The number of methoxy groups -OCH3 is 1. The van der Waals surface area contributed by atoms with Crippen molar-refractivity contribution in [2.24, 2.45) is 7.05 Å². The van der Waals surface area contributed by atoms with E-state index < -0.39 is 0 Å². The number of benzene rings is 1. The standard InChI is InChI=1S/C13H16BrFN4O/c1-4-16-11(12-13(14)17-18-19(12)2)9-6-5-8(20-3)7-10(9)15/h5-7,11,16H,4H2,1-3H3. The fourth-order valence-electron chi connectivity index (χ4n) is 2.07. The Morgan fingerprint density at radius 1 is 1.50 bits per heavy atom. The molecule has 20 heavy (non-hydrogen) atoms. The molecule has 0 aliphatic heterocycles. The third-order valence-corrected chi connectivity index (χ3v) is 3.59. The molecular weight excluding hydrogens is 327 g/mol. The lowest BCUT2D eigenvalue weighted by Crippen LogP contribution is -2.25. The van der Waals surface area contributed by atoms with Crippen LogP contribution in [-0.4, -0.2) is 28.6 Å². The summed E-state index contributed by atoms with van der Waals surface area (Å²) in [6.45, 7) is 2.65. The van der Waals surface area contributed by atoms with Gasteiger partial charge >= 0.3 is 0 Å². The summed E-state index contributed by atoms with van der Waals surface area (Å²) in [5.74, 6) is 0.159. The van der Waals surface area contributed by atoms with E-state index in [4.69, 9.17) is 4.74 Å². The molecule has 1 heterocycles. The monoisotopic (exact) mass is 342 g/mol. The zero-order valence-electron chi connectivity index (χ0n) is 11.5. The Labute approximate surface area is 125 Å². The predicted octanol–water partition coefficient (Wildman–Crippen LogP) is 2.42. The van der Waals surface area contributed by atoms with Gasteiger partial charge in [-0.15, -0.1) is 5.10 Å². The van der Waals surface area contributed by atoms with Gasteiger partial charge in [0, 0.05) is 18.7 Å². The smallest absolute Gasteiger partial charge is 0.153 e. The van der Waals surface area contributed by atoms with Gasteiger partial charge in [-0.1, -0.05) is 18.2 Å². The van der Waals surface area contributed by atoms with Gasteiger partial charge in [0.15, 0.2) is 4.60 Å². The molecule has 2 rings (SSSR count). The van der Waals surface area contributed by atoms with Crippen LogP contribution in [0.4, 0.5) is 4.39 Å². The van der Waals surface area contributed by atoms with Gasteiger partial charge in [-0.05, 0) is 28.5 Å². The fourth-order valence-corrected chi connectivity index (χ4v) is 2.63. The van der Waals surface area contributed by atoms with Crippen molar-refractivity contribution in [1.82, 2.24) is 20.3 Å². The first-order valence-corrected chi connectivity index (χ1v) is 6.99. The summed E-state index contributed by atoms with van der Waals surface area (Å²) in [4.78, 5) is 0. The van der Waals surface area contributed by atoms with E-state index in [1.807, 2.05) is 6.92 Å². The van der Waals surface area contributed by atoms with Crippen molar-refractivity contribution in [3.63, 3.8) is 0 Å². The predicted molar refractivity (Wildman–Crippen MR) is 77.2 cm³/mol. The van der Waals surface area contributed by atoms with Crippen molar-refractivity contribution in [2.75, 3.05) is 13.7 Å². The van der Waals surface area contributed by atoms with E-state index in [0.29, 0.717) is 22.5 Å². The van der Waals surface area contributed by atoms with Crippen LogP contribution in [0.25, 0.3) is 0 Å². The molecule has 108 valence electrons. The zero-order valence-corrected chi connectivity index (χ0v) is 13.1. The number of rotatable bonds is 5. The molecule has 0 radical (unpaired) electrons. The van der Waals surface area contributed by atoms with Crippen LogP contribution < -0.4 is 10.1 Å². The quantitative estimate of drug-likeness (QED) is 0.906. The largest absolute Gasteiger partial charge is 0.497 e. The van der Waals surface area contributed by atoms with Crippen LogP contribution >= 0.6 is 15.9 Å². The number of halogens is 2. The number of hydrogen-bond acceptors (Lipinski definition) is 4. The van der Waals surface area contributed by atoms with Crippen molar-refractivity contribution in [3.8, 4) is 5.75 Å². The second-order valence-electron chi connectivity index (χ2n) is 4.27. The van der Waals surface area contributed by atoms with Gasteiger partial charge in [0.1, 0.15) is 11.6 Å². The highest BCUT2D eigenvalue weighted by Crippen LogP contribution is 2.30. The summed E-state index contributed by atoms with van der Waals surface area (Å²) >= 11 is 3.36. The molecule has 5 nitrogen and oxygen atoms in total. The summed E-state index contributed by atoms with van der Waals surface area (Å²) in [6.07, 6.45) is 0. The number of nitrogens with one attached hydrogen (secondary N) is 1. The van der Waals surface area contributed by atoms with Crippen molar-refractivity contribution in [3.05, 3.63) is 39.9 Å². The maximum Gasteiger partial charge on any atom is 0.153 e. The summed E-state index contributed by atoms with van der Waals surface area (Å²) < 4.78 is 21.5. The van der Waals surface area contributed by atoms with Crippen LogP contribution in [0.3, 0.4) is 0 Å². The first-order valence-electron chi connectivity index (χ1n) is 6.20. The topological polar surface area (TPSA) is 52.0 Å². The molecule has 1 aromatic carbocycles. The molecule has 0 amide bonds. The third-order valence-electron chi connectivity index (χ3n) is 3.03. The lowest BCUT2D eigenvalue weighted by atomic mass is 10.0. The van der Waals surface area contributed by atoms with E-state index in [-0.39, 0.29) is 11.9 Å². The van der Waals surface area contributed by atoms with Gasteiger partial charge in [-0.3, -0.25) is 0 Å². The molecule has 0 bridgehead atoms. The van der Waals surface area contributed by atoms with Gasteiger partial charge < -0.3 is 10.1 Å². The van der Waals surface area contributed by atoms with Crippen LogP contribution in [-0.2, 0) is 7.05 Å². The molecule has 1 atom stereocenters. The molecule has 0 fully saturated rings. The van der Waals surface area contributed by atoms with E-state index in [1.165, 1.54) is 13.2 Å². The first-order chi connectivity index (χ1) is 9.58. The Bertz CT molecular complexity index is 583. The average Bonchev–Trinajstić information content (AvgIpc) is 2.76. The number of nitrogens with zero attached hydrogens (tertiary/aromatic N) is 3. The molecule has 1 unspecified atom stereocenters. The van der Waals surface area contributed by atoms with Gasteiger partial charge in [0.05, 0.1) is 18.8 Å². The van der Waals surface area contributed by atoms with Crippen LogP contribution in [0, 0.1) is 5.82 Å². The molecule has 1 aromatic heterocycles. The Morgan fingerprint density at radius 2 is 2.25 bits per heavy atom. The number of ether oxygens (including phenoxy) is 1. The van der Waals surface area contributed by atoms with Crippen molar-refractivity contribution < 1.29 is 9.13 Å². The molecule has 0 aliphatic rings. The molecule has 7 heteroatoms. The summed E-state index contributed by atoms with van der Waals surface area (Å²) in [5, 5.41) is 11.1. The average molecular weight is 343 g/mol. The second kappa shape index (κ2) is 6.32. The maximum atomic E-state index is 14.3. The number of aryl methyl sites for hydroxylation is 1. The van der Waals surface area contributed by atoms with Crippen molar-refractivity contribution in [1.29, 1.82) is 0 Å². The maximum absolute atomic E-state index is 14.3. The Hall–Kier alpha value is -1.47. The van der Waals surface area contributed by atoms with E-state index in [9.17, 15) is 4.39 Å². The highest BCUT2D eigenvalue weighted by molar-refractivity contribution is 9.10. The molecule has 0 aliphatic carbocycles. The lowest BCUT2D eigenvalue weighted by Gasteiger charge is -2.19.